The van der Waals surface area contributed by atoms with E-state index in [1.807, 2.05) is 0 Å². The van der Waals surface area contributed by atoms with Crippen LogP contribution in [0, 0.1) is 10.1 Å². The van der Waals surface area contributed by atoms with Crippen LogP contribution in [0.5, 0.6) is 11.5 Å². The van der Waals surface area contributed by atoms with Crippen molar-refractivity contribution in [2.24, 2.45) is 0 Å². The zero-order valence-corrected chi connectivity index (χ0v) is 12.0. The van der Waals surface area contributed by atoms with Gasteiger partial charge < -0.3 is 20.1 Å². The van der Waals surface area contributed by atoms with Crippen molar-refractivity contribution in [3.8, 4) is 11.5 Å². The van der Waals surface area contributed by atoms with Crippen molar-refractivity contribution in [3.05, 3.63) is 22.2 Å². The molecule has 1 heterocycles. The SMILES string of the molecule is CN1C(=O)[C@@H](NC(=O)C(F)(F)F)COc2cc([N+](=O)[O-])c(O)cc21. The Morgan fingerprint density at radius 2 is 2.12 bits per heavy atom. The first-order valence-corrected chi connectivity index (χ1v) is 6.32. The van der Waals surface area contributed by atoms with Gasteiger partial charge in [-0.1, -0.05) is 0 Å². The maximum Gasteiger partial charge on any atom is 0.471 e. The van der Waals surface area contributed by atoms with Crippen LogP contribution in [-0.2, 0) is 9.59 Å². The second-order valence-corrected chi connectivity index (χ2v) is 4.80. The number of alkyl halides is 3. The Kier molecular flexibility index (Phi) is 4.23. The maximum atomic E-state index is 12.3. The fraction of sp³-hybridized carbons (Fsp3) is 0.333. The van der Waals surface area contributed by atoms with E-state index in [0.717, 1.165) is 24.1 Å². The molecule has 1 aliphatic heterocycles. The van der Waals surface area contributed by atoms with E-state index in [-0.39, 0.29) is 11.4 Å². The second-order valence-electron chi connectivity index (χ2n) is 4.80. The number of amides is 2. The van der Waals surface area contributed by atoms with E-state index in [0.29, 0.717) is 0 Å². The minimum atomic E-state index is -5.19. The van der Waals surface area contributed by atoms with Gasteiger partial charge in [0, 0.05) is 13.1 Å². The third-order valence-corrected chi connectivity index (χ3v) is 3.21. The molecule has 0 spiro atoms. The molecule has 0 fully saturated rings. The van der Waals surface area contributed by atoms with Crippen LogP contribution < -0.4 is 15.0 Å². The van der Waals surface area contributed by atoms with Crippen LogP contribution in [0.4, 0.5) is 24.5 Å². The minimum absolute atomic E-state index is 0.0909. The number of rotatable bonds is 2. The number of nitrogens with zero attached hydrogens (tertiary/aromatic N) is 2. The van der Waals surface area contributed by atoms with Gasteiger partial charge in [-0.2, -0.15) is 13.2 Å². The molecule has 24 heavy (non-hydrogen) atoms. The summed E-state index contributed by atoms with van der Waals surface area (Å²) >= 11 is 0. The normalized spacial score (nSPS) is 17.6. The number of anilines is 1. The number of nitrogens with one attached hydrogen (secondary N) is 1. The van der Waals surface area contributed by atoms with E-state index in [1.165, 1.54) is 5.32 Å². The summed E-state index contributed by atoms with van der Waals surface area (Å²) in [7, 11) is 1.16. The van der Waals surface area contributed by atoms with E-state index < -0.39 is 47.0 Å². The molecular formula is C12H10F3N3O6. The number of carbonyl (C=O) groups excluding carboxylic acids is 2. The van der Waals surface area contributed by atoms with Crippen LogP contribution >= 0.6 is 0 Å². The van der Waals surface area contributed by atoms with Gasteiger partial charge in [-0.3, -0.25) is 19.7 Å². The lowest BCUT2D eigenvalue weighted by Gasteiger charge is -2.20. The van der Waals surface area contributed by atoms with Crippen molar-refractivity contribution in [1.29, 1.82) is 0 Å². The Morgan fingerprint density at radius 1 is 1.50 bits per heavy atom. The highest BCUT2D eigenvalue weighted by Gasteiger charge is 2.42. The molecule has 1 aliphatic rings. The van der Waals surface area contributed by atoms with E-state index in [2.05, 4.69) is 0 Å². The third kappa shape index (κ3) is 3.16. The number of carbonyl (C=O) groups is 2. The lowest BCUT2D eigenvalue weighted by molar-refractivity contribution is -0.385. The quantitative estimate of drug-likeness (QED) is 0.599. The summed E-state index contributed by atoms with van der Waals surface area (Å²) in [6.45, 7) is -0.667. The molecule has 130 valence electrons. The van der Waals surface area contributed by atoms with Crippen molar-refractivity contribution in [1.82, 2.24) is 5.32 Å². The minimum Gasteiger partial charge on any atom is -0.502 e. The number of nitro groups is 1. The number of halogens is 3. The van der Waals surface area contributed by atoms with Crippen LogP contribution in [0.1, 0.15) is 0 Å². The maximum absolute atomic E-state index is 12.3. The first-order valence-electron chi connectivity index (χ1n) is 6.32. The summed E-state index contributed by atoms with van der Waals surface area (Å²) in [4.78, 5) is 33.8. The van der Waals surface area contributed by atoms with Crippen LogP contribution in [0.15, 0.2) is 12.1 Å². The standard InChI is InChI=1S/C12H10F3N3O6/c1-17-7-2-8(19)6(18(22)23)3-9(7)24-4-5(10(17)20)16-11(21)12(13,14)15/h2-3,5,19H,4H2,1H3,(H,16,21)/t5-/m0/s1. The fourth-order valence-corrected chi connectivity index (χ4v) is 2.01. The van der Waals surface area contributed by atoms with Crippen molar-refractivity contribution in [2.45, 2.75) is 12.2 Å². The van der Waals surface area contributed by atoms with Crippen LogP contribution in [0.3, 0.4) is 0 Å². The van der Waals surface area contributed by atoms with Gasteiger partial charge in [0.1, 0.15) is 18.4 Å². The second kappa shape index (κ2) is 5.86. The number of benzene rings is 1. The molecule has 0 saturated carbocycles. The Bertz CT molecular complexity index is 721. The lowest BCUT2D eigenvalue weighted by Crippen LogP contribution is -2.52. The van der Waals surface area contributed by atoms with E-state index in [4.69, 9.17) is 4.74 Å². The number of hydrogen-bond donors (Lipinski definition) is 2. The molecule has 0 aromatic heterocycles. The van der Waals surface area contributed by atoms with E-state index >= 15 is 0 Å². The molecule has 2 amide bonds. The largest absolute Gasteiger partial charge is 0.502 e. The number of fused-ring (bicyclic) bond motifs is 1. The number of nitro benzene ring substituents is 1. The number of phenols is 1. The number of hydrogen-bond acceptors (Lipinski definition) is 6. The van der Waals surface area contributed by atoms with Gasteiger partial charge in [-0.15, -0.1) is 0 Å². The van der Waals surface area contributed by atoms with Gasteiger partial charge in [0.15, 0.2) is 5.75 Å². The average Bonchev–Trinajstić information content (AvgIpc) is 2.58. The highest BCUT2D eigenvalue weighted by Crippen LogP contribution is 2.40. The van der Waals surface area contributed by atoms with Gasteiger partial charge in [0.2, 0.25) is 0 Å². The van der Waals surface area contributed by atoms with Gasteiger partial charge in [-0.05, 0) is 0 Å². The van der Waals surface area contributed by atoms with Crippen molar-refractivity contribution >= 4 is 23.2 Å². The highest BCUT2D eigenvalue weighted by molar-refractivity contribution is 6.01. The molecule has 1 atom stereocenters. The number of ether oxygens (including phenoxy) is 1. The molecule has 0 radical (unpaired) electrons. The molecule has 0 bridgehead atoms. The molecule has 12 heteroatoms. The molecule has 0 saturated heterocycles. The molecule has 2 rings (SSSR count). The molecular weight excluding hydrogens is 339 g/mol. The Hall–Kier alpha value is -3.05. The van der Waals surface area contributed by atoms with Gasteiger partial charge in [0.05, 0.1) is 16.7 Å². The first kappa shape index (κ1) is 17.3. The Balaban J connectivity index is 2.34. The lowest BCUT2D eigenvalue weighted by atomic mass is 10.2. The summed E-state index contributed by atoms with van der Waals surface area (Å²) in [6, 6.07) is 0.0552. The number of likely N-dealkylation sites (N-methyl/N-ethyl adjacent to an activating group) is 1. The summed E-state index contributed by atoms with van der Waals surface area (Å²) in [5, 5.41) is 21.9. The molecule has 0 aliphatic carbocycles. The van der Waals surface area contributed by atoms with Gasteiger partial charge in [0.25, 0.3) is 5.91 Å². The smallest absolute Gasteiger partial charge is 0.471 e. The predicted molar refractivity (Wildman–Crippen MR) is 71.7 cm³/mol. The van der Waals surface area contributed by atoms with E-state index in [1.54, 1.807) is 0 Å². The zero-order chi connectivity index (χ0) is 18.2. The molecule has 1 aromatic carbocycles. The summed E-state index contributed by atoms with van der Waals surface area (Å²) in [6.07, 6.45) is -5.19. The summed E-state index contributed by atoms with van der Waals surface area (Å²) in [5.41, 5.74) is -0.792. The number of aromatic hydroxyl groups is 1. The Labute approximate surface area is 131 Å². The average molecular weight is 349 g/mol. The first-order chi connectivity index (χ1) is 11.0. The van der Waals surface area contributed by atoms with Gasteiger partial charge >= 0.3 is 17.8 Å². The molecule has 9 nitrogen and oxygen atoms in total. The summed E-state index contributed by atoms with van der Waals surface area (Å²) < 4.78 is 42.0. The highest BCUT2D eigenvalue weighted by atomic mass is 19.4. The van der Waals surface area contributed by atoms with Gasteiger partial charge in [-0.25, -0.2) is 0 Å². The third-order valence-electron chi connectivity index (χ3n) is 3.21. The predicted octanol–water partition coefficient (Wildman–Crippen LogP) is 0.703. The van der Waals surface area contributed by atoms with Crippen LogP contribution in [0.2, 0.25) is 0 Å². The Morgan fingerprint density at radius 3 is 2.67 bits per heavy atom. The summed E-state index contributed by atoms with van der Waals surface area (Å²) in [5.74, 6) is -4.21. The zero-order valence-electron chi connectivity index (χ0n) is 12.0. The van der Waals surface area contributed by atoms with Crippen LogP contribution in [0.25, 0.3) is 0 Å². The topological polar surface area (TPSA) is 122 Å². The molecule has 2 N–H and O–H groups in total. The monoisotopic (exact) mass is 349 g/mol. The van der Waals surface area contributed by atoms with Crippen molar-refractivity contribution in [3.63, 3.8) is 0 Å². The van der Waals surface area contributed by atoms with Crippen molar-refractivity contribution < 1.29 is 37.5 Å². The number of phenolic OH excluding ortho intramolecular Hbond substituents is 1. The molecule has 1 aromatic rings. The van der Waals surface area contributed by atoms with E-state index in [9.17, 15) is 38.0 Å². The van der Waals surface area contributed by atoms with Crippen LogP contribution in [-0.4, -0.2) is 47.7 Å². The fourth-order valence-electron chi connectivity index (χ4n) is 2.01. The molecule has 0 unspecified atom stereocenters. The van der Waals surface area contributed by atoms with Crippen molar-refractivity contribution in [2.75, 3.05) is 18.6 Å².